The van der Waals surface area contributed by atoms with Gasteiger partial charge in [0.2, 0.25) is 19.4 Å². The summed E-state index contributed by atoms with van der Waals surface area (Å²) in [6.07, 6.45) is 2.41. The first-order valence-electron chi connectivity index (χ1n) is 9.85. The molecule has 1 N–H and O–H groups in total. The van der Waals surface area contributed by atoms with Gasteiger partial charge in [0, 0.05) is 6.26 Å². The van der Waals surface area contributed by atoms with E-state index in [1.54, 1.807) is 24.3 Å². The van der Waals surface area contributed by atoms with Gasteiger partial charge in [-0.2, -0.15) is 10.0 Å². The molecule has 180 valence electrons. The lowest BCUT2D eigenvalue weighted by atomic mass is 10.1. The average molecular weight is 515 g/mol. The molecule has 2 aromatic rings. The van der Waals surface area contributed by atoms with E-state index in [-0.39, 0.29) is 32.3 Å². The fraction of sp³-hybridized carbons (Fsp3) is 0.136. The number of carbonyl (C=O) groups excluding carboxylic acids is 2. The molecule has 0 radical (unpaired) electrons. The van der Waals surface area contributed by atoms with Gasteiger partial charge in [-0.1, -0.05) is 12.1 Å². The Morgan fingerprint density at radius 3 is 2.40 bits per heavy atom. The second kappa shape index (κ2) is 9.35. The van der Waals surface area contributed by atoms with Crippen LogP contribution in [-0.4, -0.2) is 61.2 Å². The largest absolute Gasteiger partial charge is 0.493 e. The Hall–Kier alpha value is -3.97. The van der Waals surface area contributed by atoms with Gasteiger partial charge >= 0.3 is 5.97 Å². The maximum absolute atomic E-state index is 12.5. The van der Waals surface area contributed by atoms with Crippen LogP contribution in [0.1, 0.15) is 15.9 Å². The number of rotatable bonds is 5. The Morgan fingerprint density at radius 1 is 1.09 bits per heavy atom. The number of hydrogen-bond acceptors (Lipinski definition) is 10. The van der Waals surface area contributed by atoms with Gasteiger partial charge in [-0.25, -0.2) is 13.2 Å². The Bertz CT molecular complexity index is 1440. The van der Waals surface area contributed by atoms with Gasteiger partial charge in [-0.15, -0.1) is 5.10 Å². The number of aliphatic imine (C=N–C) groups is 1. The zero-order valence-corrected chi connectivity index (χ0v) is 20.3. The third-order valence-electron chi connectivity index (χ3n) is 4.77. The smallest absolute Gasteiger partial charge is 0.343 e. The second-order valence-corrected chi connectivity index (χ2v) is 10.3. The van der Waals surface area contributed by atoms with E-state index in [4.69, 9.17) is 19.6 Å². The van der Waals surface area contributed by atoms with Crippen LogP contribution in [0.25, 0.3) is 6.08 Å². The predicted octanol–water partition coefficient (Wildman–Crippen LogP) is 2.54. The van der Waals surface area contributed by atoms with Crippen molar-refractivity contribution in [1.82, 2.24) is 5.01 Å². The monoisotopic (exact) mass is 514 g/mol. The minimum Gasteiger partial charge on any atom is -0.493 e. The fourth-order valence-corrected chi connectivity index (χ4v) is 4.74. The van der Waals surface area contributed by atoms with E-state index in [2.05, 4.69) is 10.1 Å². The third kappa shape index (κ3) is 4.95. The molecule has 13 heteroatoms. The molecule has 2 aliphatic heterocycles. The minimum atomic E-state index is -3.61. The van der Waals surface area contributed by atoms with Gasteiger partial charge in [-0.3, -0.25) is 10.2 Å². The van der Waals surface area contributed by atoms with E-state index in [0.717, 1.165) is 11.3 Å². The summed E-state index contributed by atoms with van der Waals surface area (Å²) in [6.45, 7) is 0. The molecule has 4 rings (SSSR count). The van der Waals surface area contributed by atoms with E-state index in [1.165, 1.54) is 38.5 Å². The van der Waals surface area contributed by atoms with Crippen LogP contribution in [0.2, 0.25) is 0 Å². The topological polar surface area (TPSA) is 148 Å². The van der Waals surface area contributed by atoms with Crippen molar-refractivity contribution in [3.8, 4) is 17.2 Å². The molecule has 0 aromatic heterocycles. The third-order valence-corrected chi connectivity index (χ3v) is 7.35. The maximum atomic E-state index is 12.5. The van der Waals surface area contributed by atoms with Crippen LogP contribution >= 0.6 is 11.8 Å². The van der Waals surface area contributed by atoms with Gasteiger partial charge in [-0.05, 0) is 53.7 Å². The molecule has 0 unspecified atom stereocenters. The lowest BCUT2D eigenvalue weighted by molar-refractivity contribution is -0.114. The molecule has 0 spiro atoms. The highest BCUT2D eigenvalue weighted by molar-refractivity contribution is 8.42. The zero-order chi connectivity index (χ0) is 25.3. The van der Waals surface area contributed by atoms with Crippen LogP contribution in [0.4, 0.5) is 0 Å². The SMILES string of the molecule is COc1ccc(C(=O)Oc2ccc(/C=C3\C(=N)N4N=C(S(C)(=O)=O)SC4=NC3=O)cc2)cc1OC. The van der Waals surface area contributed by atoms with Crippen molar-refractivity contribution < 1.29 is 32.2 Å². The molecule has 0 atom stereocenters. The lowest BCUT2D eigenvalue weighted by Gasteiger charge is -2.20. The summed E-state index contributed by atoms with van der Waals surface area (Å²) < 4.78 is 39.0. The molecule has 0 bridgehead atoms. The summed E-state index contributed by atoms with van der Waals surface area (Å²) in [5.74, 6) is -0.465. The molecule has 2 aliphatic rings. The highest BCUT2D eigenvalue weighted by Gasteiger charge is 2.38. The number of thioether (sulfide) groups is 1. The number of amidine groups is 2. The Kier molecular flexibility index (Phi) is 6.45. The Balaban J connectivity index is 1.51. The number of nitrogens with zero attached hydrogens (tertiary/aromatic N) is 3. The molecule has 0 saturated heterocycles. The Labute approximate surface area is 204 Å². The first-order chi connectivity index (χ1) is 16.6. The van der Waals surface area contributed by atoms with Crippen molar-refractivity contribution in [2.24, 2.45) is 10.1 Å². The number of nitrogens with one attached hydrogen (secondary N) is 1. The van der Waals surface area contributed by atoms with E-state index in [0.29, 0.717) is 28.8 Å². The van der Waals surface area contributed by atoms with Crippen LogP contribution in [0.5, 0.6) is 17.2 Å². The van der Waals surface area contributed by atoms with Crippen molar-refractivity contribution in [2.45, 2.75) is 0 Å². The number of hydrazone groups is 1. The van der Waals surface area contributed by atoms with E-state index >= 15 is 0 Å². The van der Waals surface area contributed by atoms with Gasteiger partial charge in [0.25, 0.3) is 5.91 Å². The van der Waals surface area contributed by atoms with Crippen molar-refractivity contribution in [1.29, 1.82) is 5.41 Å². The maximum Gasteiger partial charge on any atom is 0.343 e. The summed E-state index contributed by atoms with van der Waals surface area (Å²) >= 11 is 0.713. The number of esters is 1. The number of fused-ring (bicyclic) bond motifs is 1. The number of hydrogen-bond donors (Lipinski definition) is 1. The van der Waals surface area contributed by atoms with Gasteiger partial charge in [0.05, 0.1) is 25.4 Å². The standard InChI is InChI=1S/C22H18N4O7S2/c1-31-16-9-6-13(11-17(16)32-2)20(28)33-14-7-4-12(5-8-14)10-15-18(23)26-21(24-19(15)27)34-22(25-26)35(3,29)30/h4-11,23H,1-3H3/b15-10+,23-18?. The summed E-state index contributed by atoms with van der Waals surface area (Å²) in [6, 6.07) is 10.9. The van der Waals surface area contributed by atoms with Crippen molar-refractivity contribution in [3.05, 3.63) is 59.2 Å². The molecule has 0 saturated carbocycles. The molecule has 11 nitrogen and oxygen atoms in total. The molecule has 35 heavy (non-hydrogen) atoms. The second-order valence-electron chi connectivity index (χ2n) is 7.19. The summed E-state index contributed by atoms with van der Waals surface area (Å²) in [5, 5.41) is 13.2. The normalized spacial score (nSPS) is 16.5. The molecule has 2 aromatic carbocycles. The van der Waals surface area contributed by atoms with Gasteiger partial charge in [0.1, 0.15) is 5.75 Å². The molecule has 0 aliphatic carbocycles. The summed E-state index contributed by atoms with van der Waals surface area (Å²) in [7, 11) is -0.661. The number of benzene rings is 2. The highest BCUT2D eigenvalue weighted by Crippen LogP contribution is 2.30. The fourth-order valence-electron chi connectivity index (χ4n) is 3.05. The quantitative estimate of drug-likeness (QED) is 0.361. The predicted molar refractivity (Wildman–Crippen MR) is 131 cm³/mol. The van der Waals surface area contributed by atoms with Crippen LogP contribution in [0, 0.1) is 5.41 Å². The average Bonchev–Trinajstić information content (AvgIpc) is 3.27. The first kappa shape index (κ1) is 24.2. The molecule has 2 heterocycles. The number of sulfone groups is 1. The number of methoxy groups -OCH3 is 2. The van der Waals surface area contributed by atoms with Crippen LogP contribution in [0.15, 0.2) is 58.1 Å². The van der Waals surface area contributed by atoms with Crippen LogP contribution in [0.3, 0.4) is 0 Å². The van der Waals surface area contributed by atoms with E-state index in [1.807, 2.05) is 0 Å². The first-order valence-corrected chi connectivity index (χ1v) is 12.6. The van der Waals surface area contributed by atoms with Gasteiger partial charge < -0.3 is 14.2 Å². The van der Waals surface area contributed by atoms with E-state index < -0.39 is 21.7 Å². The molecule has 0 fully saturated rings. The number of amides is 1. The van der Waals surface area contributed by atoms with Gasteiger partial charge in [0.15, 0.2) is 17.3 Å². The number of ether oxygens (including phenoxy) is 3. The van der Waals surface area contributed by atoms with E-state index in [9.17, 15) is 18.0 Å². The zero-order valence-electron chi connectivity index (χ0n) is 18.6. The minimum absolute atomic E-state index is 0.00926. The highest BCUT2D eigenvalue weighted by atomic mass is 32.3. The van der Waals surface area contributed by atoms with Crippen molar-refractivity contribution in [2.75, 3.05) is 20.5 Å². The molecular formula is C22H18N4O7S2. The van der Waals surface area contributed by atoms with Crippen LogP contribution in [-0.2, 0) is 14.6 Å². The summed E-state index contributed by atoms with van der Waals surface area (Å²) in [4.78, 5) is 28.8. The number of carbonyl (C=O) groups is 2. The molecule has 1 amide bonds. The van der Waals surface area contributed by atoms with Crippen molar-refractivity contribution >= 4 is 54.9 Å². The Morgan fingerprint density at radius 2 is 1.77 bits per heavy atom. The molecular weight excluding hydrogens is 496 g/mol. The van der Waals surface area contributed by atoms with Crippen molar-refractivity contribution in [3.63, 3.8) is 0 Å². The summed E-state index contributed by atoms with van der Waals surface area (Å²) in [5.41, 5.74) is 0.728. The van der Waals surface area contributed by atoms with Crippen LogP contribution < -0.4 is 14.2 Å². The lowest BCUT2D eigenvalue weighted by Crippen LogP contribution is -2.35.